The summed E-state index contributed by atoms with van der Waals surface area (Å²) in [6.45, 7) is 14.5. The van der Waals surface area contributed by atoms with Gasteiger partial charge in [-0.2, -0.15) is 0 Å². The van der Waals surface area contributed by atoms with Crippen LogP contribution in [0.5, 0.6) is 0 Å². The molecule has 0 saturated carbocycles. The van der Waals surface area contributed by atoms with Gasteiger partial charge in [-0.1, -0.05) is 34.1 Å². The van der Waals surface area contributed by atoms with Crippen LogP contribution in [0.1, 0.15) is 93.9 Å². The number of rotatable bonds is 10. The summed E-state index contributed by atoms with van der Waals surface area (Å²) in [4.78, 5) is 42.7. The monoisotopic (exact) mass is 688 g/mol. The molecule has 13 heteroatoms. The van der Waals surface area contributed by atoms with Crippen LogP contribution < -0.4 is 5.32 Å². The molecular formula is C35H64N2O11. The van der Waals surface area contributed by atoms with E-state index in [4.69, 9.17) is 28.4 Å². The predicted molar refractivity (Wildman–Crippen MR) is 179 cm³/mol. The maximum Gasteiger partial charge on any atom is 0.407 e. The molecule has 48 heavy (non-hydrogen) atoms. The van der Waals surface area contributed by atoms with E-state index in [0.29, 0.717) is 13.0 Å². The average molecular weight is 689 g/mol. The van der Waals surface area contributed by atoms with E-state index in [1.54, 1.807) is 34.6 Å². The lowest BCUT2D eigenvalue weighted by Crippen LogP contribution is -2.60. The Kier molecular flexibility index (Phi) is 16.2. The molecule has 0 bridgehead atoms. The lowest BCUT2D eigenvalue weighted by atomic mass is 9.76. The molecule has 13 atom stereocenters. The molecule has 0 unspecified atom stereocenters. The van der Waals surface area contributed by atoms with Crippen LogP contribution in [-0.2, 0) is 38.0 Å². The van der Waals surface area contributed by atoms with Gasteiger partial charge in [-0.3, -0.25) is 9.59 Å². The van der Waals surface area contributed by atoms with E-state index in [-0.39, 0.29) is 37.2 Å². The molecule has 2 heterocycles. The zero-order chi connectivity index (χ0) is 36.6. The van der Waals surface area contributed by atoms with Crippen molar-refractivity contribution in [3.8, 4) is 0 Å². The molecule has 2 saturated heterocycles. The third-order valence-electron chi connectivity index (χ3n) is 10.4. The minimum Gasteiger partial charge on any atom is -0.459 e. The van der Waals surface area contributed by atoms with Crippen LogP contribution in [-0.4, -0.2) is 128 Å². The van der Waals surface area contributed by atoms with Gasteiger partial charge in [0.2, 0.25) is 0 Å². The van der Waals surface area contributed by atoms with Gasteiger partial charge < -0.3 is 48.9 Å². The van der Waals surface area contributed by atoms with Crippen molar-refractivity contribution in [2.24, 2.45) is 17.8 Å². The first-order valence-electron chi connectivity index (χ1n) is 17.5. The molecule has 13 nitrogen and oxygen atoms in total. The predicted octanol–water partition coefficient (Wildman–Crippen LogP) is 3.46. The number of aliphatic hydroxyl groups excluding tert-OH is 1. The van der Waals surface area contributed by atoms with Gasteiger partial charge in [-0.15, -0.1) is 0 Å². The van der Waals surface area contributed by atoms with Crippen LogP contribution in [0, 0.1) is 17.8 Å². The molecule has 0 aromatic rings. The second-order valence-corrected chi connectivity index (χ2v) is 14.5. The maximum atomic E-state index is 13.9. The second kappa shape index (κ2) is 18.4. The number of Topliss-reactive ketones (excluding diaryl/α,β-unsaturated/α-hetero) is 1. The number of hydrogen-bond donors (Lipinski definition) is 3. The molecule has 0 aromatic carbocycles. The summed E-state index contributed by atoms with van der Waals surface area (Å²) < 4.78 is 36.6. The van der Waals surface area contributed by atoms with Gasteiger partial charge in [0.05, 0.1) is 29.8 Å². The van der Waals surface area contributed by atoms with Crippen molar-refractivity contribution in [2.45, 2.75) is 154 Å². The molecule has 2 aliphatic rings. The number of amides is 1. The molecule has 0 aliphatic carbocycles. The van der Waals surface area contributed by atoms with Crippen molar-refractivity contribution >= 4 is 17.8 Å². The second-order valence-electron chi connectivity index (χ2n) is 14.5. The van der Waals surface area contributed by atoms with Crippen molar-refractivity contribution in [3.05, 3.63) is 0 Å². The molecule has 0 radical (unpaired) electrons. The van der Waals surface area contributed by atoms with E-state index in [1.165, 1.54) is 21.1 Å². The van der Waals surface area contributed by atoms with Crippen molar-refractivity contribution in [1.29, 1.82) is 0 Å². The van der Waals surface area contributed by atoms with Crippen LogP contribution in [0.3, 0.4) is 0 Å². The lowest BCUT2D eigenvalue weighted by molar-refractivity contribution is -0.301. The summed E-state index contributed by atoms with van der Waals surface area (Å²) >= 11 is 0. The van der Waals surface area contributed by atoms with Crippen molar-refractivity contribution < 1.29 is 53.0 Å². The maximum absolute atomic E-state index is 13.9. The Labute approximate surface area is 287 Å². The smallest absolute Gasteiger partial charge is 0.407 e. The fourth-order valence-corrected chi connectivity index (χ4v) is 7.15. The number of aliphatic hydroxyl groups is 2. The van der Waals surface area contributed by atoms with Crippen molar-refractivity contribution in [2.75, 3.05) is 34.9 Å². The van der Waals surface area contributed by atoms with Gasteiger partial charge in [-0.25, -0.2) is 4.79 Å². The molecule has 280 valence electrons. The normalized spacial score (nSPS) is 40.6. The van der Waals surface area contributed by atoms with E-state index in [2.05, 4.69) is 5.32 Å². The Hall–Kier alpha value is -1.87. The third-order valence-corrected chi connectivity index (χ3v) is 10.4. The first-order valence-corrected chi connectivity index (χ1v) is 17.5. The first kappa shape index (κ1) is 42.3. The Morgan fingerprint density at radius 1 is 1.10 bits per heavy atom. The van der Waals surface area contributed by atoms with Crippen molar-refractivity contribution in [1.82, 2.24) is 10.2 Å². The SMILES string of the molecule is CCCCNC(=O)O[C@H]1[C@H](C)[C@@H](O[C@@H]2O[C@H](C)C[C@H](N(C)C)[C@H]2O)[C@](C)(OC)C[C@@H](C)C(=O)C[C@@H](OC)[C@](C)(O)[C@@H](CC)OC(=O)[C@@H]1C. The van der Waals surface area contributed by atoms with E-state index < -0.39 is 77.8 Å². The van der Waals surface area contributed by atoms with Gasteiger partial charge in [0.25, 0.3) is 0 Å². The van der Waals surface area contributed by atoms with Gasteiger partial charge in [0, 0.05) is 45.1 Å². The summed E-state index contributed by atoms with van der Waals surface area (Å²) in [6, 6.07) is -0.267. The van der Waals surface area contributed by atoms with Gasteiger partial charge in [0.15, 0.2) is 6.29 Å². The van der Waals surface area contributed by atoms with Crippen LogP contribution in [0.4, 0.5) is 4.79 Å². The minimum atomic E-state index is -1.71. The Balaban J connectivity index is 2.73. The van der Waals surface area contributed by atoms with E-state index in [0.717, 1.165) is 12.8 Å². The Morgan fingerprint density at radius 2 is 1.75 bits per heavy atom. The highest BCUT2D eigenvalue weighted by Gasteiger charge is 2.52. The standard InChI is InChI=1S/C35H64N2O11/c1-13-15-16-36-33(41)47-29-22(5)30(48-32-28(39)24(37(9)10)17-21(4)45-32)34(7,44-12)19-20(3)25(38)18-27(43-11)35(8,42)26(14-2)46-31(40)23(29)6/h20-24,26-30,32,39,42H,13-19H2,1-12H3,(H,36,41)/t20-,21-,22+,23-,24+,26-,27-,28-,29+,30-,32+,34-,35-/m1/s1. The number of ether oxygens (including phenoxy) is 6. The fourth-order valence-electron chi connectivity index (χ4n) is 7.15. The summed E-state index contributed by atoms with van der Waals surface area (Å²) in [7, 11) is 6.66. The molecule has 0 spiro atoms. The van der Waals surface area contributed by atoms with Crippen LogP contribution in [0.25, 0.3) is 0 Å². The van der Waals surface area contributed by atoms with Crippen LogP contribution in [0.15, 0.2) is 0 Å². The fraction of sp³-hybridized carbons (Fsp3) is 0.914. The first-order chi connectivity index (χ1) is 22.4. The van der Waals surface area contributed by atoms with Gasteiger partial charge in [0.1, 0.15) is 29.7 Å². The highest BCUT2D eigenvalue weighted by molar-refractivity contribution is 5.81. The van der Waals surface area contributed by atoms with Crippen molar-refractivity contribution in [3.63, 3.8) is 0 Å². The summed E-state index contributed by atoms with van der Waals surface area (Å²) in [5, 5.41) is 25.8. The Bertz CT molecular complexity index is 1040. The number of nitrogens with one attached hydrogen (secondary N) is 1. The largest absolute Gasteiger partial charge is 0.459 e. The molecule has 0 aromatic heterocycles. The molecule has 2 fully saturated rings. The number of esters is 1. The summed E-state index contributed by atoms with van der Waals surface area (Å²) in [5.41, 5.74) is -2.92. The molecule has 2 rings (SSSR count). The summed E-state index contributed by atoms with van der Waals surface area (Å²) in [5.74, 6) is -3.27. The number of likely N-dealkylation sites (N-methyl/N-ethyl adjacent to an activating group) is 1. The van der Waals surface area contributed by atoms with Crippen LogP contribution >= 0.6 is 0 Å². The molecule has 2 aliphatic heterocycles. The van der Waals surface area contributed by atoms with E-state index >= 15 is 0 Å². The quantitative estimate of drug-likeness (QED) is 0.227. The highest BCUT2D eigenvalue weighted by Crippen LogP contribution is 2.39. The number of cyclic esters (lactones) is 1. The van der Waals surface area contributed by atoms with Gasteiger partial charge in [-0.05, 0) is 67.5 Å². The van der Waals surface area contributed by atoms with E-state index in [1.807, 2.05) is 32.8 Å². The number of ketones is 1. The minimum absolute atomic E-state index is 0.134. The third kappa shape index (κ3) is 10.3. The molecule has 1 amide bonds. The number of carbonyl (C=O) groups excluding carboxylic acids is 3. The lowest BCUT2D eigenvalue weighted by Gasteiger charge is -2.48. The zero-order valence-electron chi connectivity index (χ0n) is 31.3. The van der Waals surface area contributed by atoms with E-state index in [9.17, 15) is 24.6 Å². The summed E-state index contributed by atoms with van der Waals surface area (Å²) in [6.07, 6.45) is -4.71. The molecular weight excluding hydrogens is 624 g/mol. The number of alkyl carbamates (subject to hydrolysis) is 1. The number of unbranched alkanes of at least 4 members (excludes halogenated alkanes) is 1. The average Bonchev–Trinajstić information content (AvgIpc) is 3.03. The number of nitrogens with zero attached hydrogens (tertiary/aromatic N) is 1. The number of carbonyl (C=O) groups is 3. The number of methoxy groups -OCH3 is 2. The zero-order valence-corrected chi connectivity index (χ0v) is 31.3. The topological polar surface area (TPSA) is 162 Å². The Morgan fingerprint density at radius 3 is 2.29 bits per heavy atom. The van der Waals surface area contributed by atoms with Gasteiger partial charge >= 0.3 is 12.1 Å². The highest BCUT2D eigenvalue weighted by atomic mass is 16.7. The molecule has 3 N–H and O–H groups in total. The van der Waals surface area contributed by atoms with Crippen LogP contribution in [0.2, 0.25) is 0 Å². The number of hydrogen-bond acceptors (Lipinski definition) is 12.